The van der Waals surface area contributed by atoms with Crippen molar-refractivity contribution in [2.45, 2.75) is 27.7 Å². The summed E-state index contributed by atoms with van der Waals surface area (Å²) in [6.07, 6.45) is 0. The molecule has 0 amide bonds. The summed E-state index contributed by atoms with van der Waals surface area (Å²) in [5.41, 5.74) is 12.9. The fraction of sp³-hybridized carbons (Fsp3) is 0.192. The standard InChI is InChI=1S/C52H44B2N4O4/c1-51(2)29-59-53(60-30-51)41-12-6-10-39(27-41)45-24-20-35-16-14-33-18-22-43(55-47(33)49(35)57-45)37-8-5-9-38(26-37)44-23-19-34-15-17-36-21-25-46(58-50(36)48(34)56-44)40-11-7-13-42(28-40)54-61-31-52(3,4)32-62-54/h5-28H,29-32H2,1-4H3. The average molecular weight is 811 g/mol. The Morgan fingerprint density at radius 2 is 0.629 bits per heavy atom. The summed E-state index contributed by atoms with van der Waals surface area (Å²) in [7, 11) is -0.782. The van der Waals surface area contributed by atoms with E-state index in [4.69, 9.17) is 38.6 Å². The summed E-state index contributed by atoms with van der Waals surface area (Å²) in [5.74, 6) is 0. The van der Waals surface area contributed by atoms with E-state index in [1.807, 2.05) is 12.1 Å². The lowest BCUT2D eigenvalue weighted by Crippen LogP contribution is -2.47. The summed E-state index contributed by atoms with van der Waals surface area (Å²) in [6.45, 7) is 11.2. The normalized spacial score (nSPS) is 16.4. The fourth-order valence-electron chi connectivity index (χ4n) is 8.48. The smallest absolute Gasteiger partial charge is 0.407 e. The van der Waals surface area contributed by atoms with Crippen LogP contribution in [-0.4, -0.2) is 60.6 Å². The lowest BCUT2D eigenvalue weighted by atomic mass is 9.75. The highest BCUT2D eigenvalue weighted by atomic mass is 16.6. The minimum Gasteiger partial charge on any atom is -0.407 e. The number of benzene rings is 5. The van der Waals surface area contributed by atoms with E-state index in [2.05, 4.69) is 161 Å². The Balaban J connectivity index is 0.918. The van der Waals surface area contributed by atoms with Crippen LogP contribution < -0.4 is 10.9 Å². The van der Waals surface area contributed by atoms with Gasteiger partial charge in [-0.15, -0.1) is 0 Å². The average Bonchev–Trinajstić information content (AvgIpc) is 3.31. The number of hydrogen-bond acceptors (Lipinski definition) is 8. The lowest BCUT2D eigenvalue weighted by Gasteiger charge is -2.33. The zero-order chi connectivity index (χ0) is 42.0. The van der Waals surface area contributed by atoms with E-state index in [-0.39, 0.29) is 10.8 Å². The first-order valence-corrected chi connectivity index (χ1v) is 21.3. The van der Waals surface area contributed by atoms with Gasteiger partial charge in [0.1, 0.15) is 0 Å². The molecule has 2 saturated heterocycles. The maximum Gasteiger partial charge on any atom is 0.493 e. The van der Waals surface area contributed by atoms with Crippen LogP contribution in [0.5, 0.6) is 0 Å². The van der Waals surface area contributed by atoms with Crippen molar-refractivity contribution in [3.05, 3.63) is 146 Å². The van der Waals surface area contributed by atoms with Gasteiger partial charge in [0.15, 0.2) is 0 Å². The molecular formula is C52H44B2N4O4. The third-order valence-corrected chi connectivity index (χ3v) is 11.9. The van der Waals surface area contributed by atoms with Crippen LogP contribution in [-0.2, 0) is 18.6 Å². The molecule has 0 aliphatic carbocycles. The molecule has 0 bridgehead atoms. The SMILES string of the molecule is CC1(C)COB(c2cccc(-c3ccc4ccc5ccc(-c6cccc(-c7ccc8ccc9ccc(-c%10cccc(B%11OCC(C)(C)CO%11)c%10)nc9c8n7)c6)nc5c4n3)c2)OC1. The van der Waals surface area contributed by atoms with Crippen LogP contribution in [0.1, 0.15) is 27.7 Å². The van der Waals surface area contributed by atoms with Gasteiger partial charge >= 0.3 is 14.2 Å². The van der Waals surface area contributed by atoms with Gasteiger partial charge in [-0.3, -0.25) is 0 Å². The third-order valence-electron chi connectivity index (χ3n) is 11.9. The number of rotatable bonds is 6. The van der Waals surface area contributed by atoms with Crippen molar-refractivity contribution in [2.24, 2.45) is 10.8 Å². The Morgan fingerprint density at radius 1 is 0.355 bits per heavy atom. The van der Waals surface area contributed by atoms with Crippen LogP contribution in [0.3, 0.4) is 0 Å². The second-order valence-electron chi connectivity index (χ2n) is 18.3. The molecule has 0 radical (unpaired) electrons. The monoisotopic (exact) mass is 810 g/mol. The molecule has 2 fully saturated rings. The Bertz CT molecular complexity index is 2980. The summed E-state index contributed by atoms with van der Waals surface area (Å²) >= 11 is 0. The second-order valence-corrected chi connectivity index (χ2v) is 18.3. The van der Waals surface area contributed by atoms with Gasteiger partial charge in [0.2, 0.25) is 0 Å². The van der Waals surface area contributed by atoms with Crippen molar-refractivity contribution >= 4 is 68.8 Å². The molecule has 0 saturated carbocycles. The van der Waals surface area contributed by atoms with Crippen molar-refractivity contribution in [3.8, 4) is 45.0 Å². The largest absolute Gasteiger partial charge is 0.493 e. The van der Waals surface area contributed by atoms with E-state index in [0.717, 1.165) is 99.6 Å². The first-order valence-electron chi connectivity index (χ1n) is 21.3. The predicted molar refractivity (Wildman–Crippen MR) is 252 cm³/mol. The topological polar surface area (TPSA) is 88.5 Å². The van der Waals surface area contributed by atoms with Gasteiger partial charge in [-0.05, 0) is 52.4 Å². The number of nitrogens with zero attached hydrogens (tertiary/aromatic N) is 4. The van der Waals surface area contributed by atoms with Crippen LogP contribution in [0.4, 0.5) is 0 Å². The molecule has 4 aromatic heterocycles. The van der Waals surface area contributed by atoms with E-state index < -0.39 is 14.2 Å². The maximum absolute atomic E-state index is 6.10. The number of pyridine rings is 4. The van der Waals surface area contributed by atoms with Crippen LogP contribution in [0.2, 0.25) is 0 Å². The molecule has 6 heterocycles. The summed E-state index contributed by atoms with van der Waals surface area (Å²) in [5, 5.41) is 4.13. The molecule has 0 unspecified atom stereocenters. The fourth-order valence-corrected chi connectivity index (χ4v) is 8.48. The molecule has 11 rings (SSSR count). The molecule has 9 aromatic rings. The van der Waals surface area contributed by atoms with Gasteiger partial charge in [0.05, 0.1) is 44.8 Å². The van der Waals surface area contributed by atoms with E-state index in [1.165, 1.54) is 0 Å². The van der Waals surface area contributed by atoms with Crippen molar-refractivity contribution < 1.29 is 18.6 Å². The molecule has 2 aliphatic rings. The highest BCUT2D eigenvalue weighted by Gasteiger charge is 2.34. The van der Waals surface area contributed by atoms with E-state index in [1.54, 1.807) is 0 Å². The Kier molecular flexibility index (Phi) is 9.50. The highest BCUT2D eigenvalue weighted by molar-refractivity contribution is 6.62. The van der Waals surface area contributed by atoms with Crippen LogP contribution in [0.25, 0.3) is 88.6 Å². The third kappa shape index (κ3) is 7.43. The van der Waals surface area contributed by atoms with Gasteiger partial charge in [-0.1, -0.05) is 143 Å². The van der Waals surface area contributed by atoms with E-state index >= 15 is 0 Å². The number of fused-ring (bicyclic) bond motifs is 6. The first kappa shape index (κ1) is 38.6. The quantitative estimate of drug-likeness (QED) is 0.121. The van der Waals surface area contributed by atoms with Crippen molar-refractivity contribution in [1.82, 2.24) is 19.9 Å². The van der Waals surface area contributed by atoms with Gasteiger partial charge in [-0.25, -0.2) is 19.9 Å². The van der Waals surface area contributed by atoms with Gasteiger partial charge in [-0.2, -0.15) is 0 Å². The van der Waals surface area contributed by atoms with Gasteiger partial charge in [0, 0.05) is 69.9 Å². The molecule has 302 valence electrons. The number of aromatic nitrogens is 4. The predicted octanol–water partition coefficient (Wildman–Crippen LogP) is 10.1. The Labute approximate surface area is 361 Å². The Morgan fingerprint density at radius 3 is 0.952 bits per heavy atom. The molecular weight excluding hydrogens is 766 g/mol. The molecule has 0 spiro atoms. The number of hydrogen-bond donors (Lipinski definition) is 0. The lowest BCUT2D eigenvalue weighted by molar-refractivity contribution is 0.0342. The maximum atomic E-state index is 6.10. The summed E-state index contributed by atoms with van der Waals surface area (Å²) < 4.78 is 24.4. The highest BCUT2D eigenvalue weighted by Crippen LogP contribution is 2.33. The molecule has 0 atom stereocenters. The molecule has 62 heavy (non-hydrogen) atoms. The molecule has 5 aromatic carbocycles. The van der Waals surface area contributed by atoms with Crippen LogP contribution in [0, 0.1) is 10.8 Å². The molecule has 10 heteroatoms. The van der Waals surface area contributed by atoms with Crippen LogP contribution >= 0.6 is 0 Å². The van der Waals surface area contributed by atoms with E-state index in [9.17, 15) is 0 Å². The second kappa shape index (κ2) is 15.3. The van der Waals surface area contributed by atoms with Gasteiger partial charge in [0.25, 0.3) is 0 Å². The molecule has 8 nitrogen and oxygen atoms in total. The van der Waals surface area contributed by atoms with Crippen molar-refractivity contribution in [3.63, 3.8) is 0 Å². The zero-order valence-electron chi connectivity index (χ0n) is 35.3. The Hall–Kier alpha value is -6.29. The molecule has 0 N–H and O–H groups in total. The van der Waals surface area contributed by atoms with Gasteiger partial charge < -0.3 is 18.6 Å². The minimum atomic E-state index is -0.391. The van der Waals surface area contributed by atoms with Crippen molar-refractivity contribution in [1.29, 1.82) is 0 Å². The molecule has 2 aliphatic heterocycles. The van der Waals surface area contributed by atoms with E-state index in [0.29, 0.717) is 26.4 Å². The van der Waals surface area contributed by atoms with Crippen molar-refractivity contribution in [2.75, 3.05) is 26.4 Å². The first-order chi connectivity index (χ1) is 30.1. The minimum absolute atomic E-state index is 0.00220. The zero-order valence-corrected chi connectivity index (χ0v) is 35.3. The van der Waals surface area contributed by atoms with Crippen LogP contribution in [0.15, 0.2) is 146 Å². The summed E-state index contributed by atoms with van der Waals surface area (Å²) in [6, 6.07) is 50.3. The summed E-state index contributed by atoms with van der Waals surface area (Å²) in [4.78, 5) is 21.0.